The zero-order valence-corrected chi connectivity index (χ0v) is 11.7. The molecular weight excluding hydrogens is 280 g/mol. The molecule has 1 aromatic heterocycles. The van der Waals surface area contributed by atoms with E-state index >= 15 is 0 Å². The van der Waals surface area contributed by atoms with Gasteiger partial charge in [0.25, 0.3) is 0 Å². The minimum Gasteiger partial charge on any atom is -0.468 e. The lowest BCUT2D eigenvalue weighted by molar-refractivity contribution is -0.141. The molecule has 0 aliphatic rings. The Bertz CT molecular complexity index is 547. The summed E-state index contributed by atoms with van der Waals surface area (Å²) in [6.45, 7) is 0.511. The summed E-state index contributed by atoms with van der Waals surface area (Å²) in [5.41, 5.74) is 1.10. The molecule has 0 unspecified atom stereocenters. The van der Waals surface area contributed by atoms with Crippen LogP contribution in [-0.4, -0.2) is 39.2 Å². The van der Waals surface area contributed by atoms with E-state index in [9.17, 15) is 4.79 Å². The quantitative estimate of drug-likeness (QED) is 0.327. The number of rotatable bonds is 7. The molecule has 0 amide bonds. The normalized spacial score (nSPS) is 10.4. The average molecular weight is 294 g/mol. The molecule has 7 nitrogen and oxygen atoms in total. The van der Waals surface area contributed by atoms with E-state index in [-0.39, 0.29) is 6.54 Å². The molecular formula is C12H14N4O3S. The Morgan fingerprint density at radius 3 is 2.90 bits per heavy atom. The molecule has 0 saturated heterocycles. The molecule has 0 bridgehead atoms. The molecule has 20 heavy (non-hydrogen) atoms. The van der Waals surface area contributed by atoms with Gasteiger partial charge in [0.1, 0.15) is 12.5 Å². The summed E-state index contributed by atoms with van der Waals surface area (Å²) < 4.78 is 11.5. The largest absolute Gasteiger partial charge is 0.468 e. The first-order chi connectivity index (χ1) is 9.79. The van der Waals surface area contributed by atoms with Crippen molar-refractivity contribution in [2.75, 3.05) is 13.0 Å². The van der Waals surface area contributed by atoms with Crippen molar-refractivity contribution in [3.8, 4) is 0 Å². The Labute approximate surface area is 120 Å². The van der Waals surface area contributed by atoms with Crippen molar-refractivity contribution >= 4 is 17.7 Å². The van der Waals surface area contributed by atoms with Crippen LogP contribution in [0, 0.1) is 0 Å². The molecule has 0 aliphatic heterocycles. The fourth-order valence-corrected chi connectivity index (χ4v) is 2.03. The SMILES string of the molecule is COC(=O)Cn1nnnc1SCOCc1ccccc1. The Kier molecular flexibility index (Phi) is 5.51. The highest BCUT2D eigenvalue weighted by Gasteiger charge is 2.10. The predicted molar refractivity (Wildman–Crippen MR) is 71.8 cm³/mol. The number of hydrogen-bond donors (Lipinski definition) is 0. The lowest BCUT2D eigenvalue weighted by atomic mass is 10.2. The first kappa shape index (κ1) is 14.5. The fourth-order valence-electron chi connectivity index (χ4n) is 1.41. The molecule has 0 fully saturated rings. The maximum Gasteiger partial charge on any atom is 0.327 e. The van der Waals surface area contributed by atoms with Gasteiger partial charge in [0.05, 0.1) is 13.7 Å². The van der Waals surface area contributed by atoms with Crippen molar-refractivity contribution in [1.29, 1.82) is 0 Å². The van der Waals surface area contributed by atoms with Crippen LogP contribution in [-0.2, 0) is 27.4 Å². The van der Waals surface area contributed by atoms with Gasteiger partial charge in [-0.25, -0.2) is 4.68 Å². The number of carbonyl (C=O) groups is 1. The fraction of sp³-hybridized carbons (Fsp3) is 0.333. The van der Waals surface area contributed by atoms with E-state index in [2.05, 4.69) is 20.3 Å². The molecule has 0 saturated carbocycles. The molecule has 8 heteroatoms. The van der Waals surface area contributed by atoms with Gasteiger partial charge in [-0.15, -0.1) is 5.10 Å². The van der Waals surface area contributed by atoms with Gasteiger partial charge in [-0.05, 0) is 16.0 Å². The van der Waals surface area contributed by atoms with E-state index in [1.54, 1.807) is 0 Å². The smallest absolute Gasteiger partial charge is 0.327 e. The molecule has 0 atom stereocenters. The zero-order chi connectivity index (χ0) is 14.2. The summed E-state index contributed by atoms with van der Waals surface area (Å²) in [4.78, 5) is 11.2. The van der Waals surface area contributed by atoms with Crippen LogP contribution >= 0.6 is 11.8 Å². The van der Waals surface area contributed by atoms with E-state index in [1.807, 2.05) is 30.3 Å². The number of hydrogen-bond acceptors (Lipinski definition) is 7. The Hall–Kier alpha value is -1.93. The van der Waals surface area contributed by atoms with Gasteiger partial charge in [-0.1, -0.05) is 42.1 Å². The summed E-state index contributed by atoms with van der Waals surface area (Å²) in [7, 11) is 1.32. The van der Waals surface area contributed by atoms with Crippen LogP contribution in [0.25, 0.3) is 0 Å². The second kappa shape index (κ2) is 7.61. The maximum atomic E-state index is 11.2. The maximum absolute atomic E-state index is 11.2. The van der Waals surface area contributed by atoms with Crippen LogP contribution in [0.5, 0.6) is 0 Å². The number of esters is 1. The first-order valence-corrected chi connectivity index (χ1v) is 6.85. The van der Waals surface area contributed by atoms with Crippen molar-refractivity contribution in [2.24, 2.45) is 0 Å². The number of nitrogens with zero attached hydrogens (tertiary/aromatic N) is 4. The van der Waals surface area contributed by atoms with Crippen LogP contribution in [0.1, 0.15) is 5.56 Å². The molecule has 0 spiro atoms. The summed E-state index contributed by atoms with van der Waals surface area (Å²) in [5.74, 6) is 0.000500. The standard InChI is InChI=1S/C12H14N4O3S/c1-18-11(17)7-16-12(13-14-15-16)20-9-19-8-10-5-3-2-4-6-10/h2-6H,7-9H2,1H3. The second-order valence-corrected chi connectivity index (χ2v) is 4.68. The molecule has 1 heterocycles. The van der Waals surface area contributed by atoms with Crippen LogP contribution < -0.4 is 0 Å². The summed E-state index contributed by atoms with van der Waals surface area (Å²) in [6.07, 6.45) is 0. The van der Waals surface area contributed by atoms with E-state index in [0.717, 1.165) is 5.56 Å². The third-order valence-electron chi connectivity index (χ3n) is 2.39. The highest BCUT2D eigenvalue weighted by Crippen LogP contribution is 2.14. The van der Waals surface area contributed by atoms with Crippen molar-refractivity contribution < 1.29 is 14.3 Å². The van der Waals surface area contributed by atoms with Gasteiger partial charge in [-0.3, -0.25) is 4.79 Å². The number of thioether (sulfide) groups is 1. The third-order valence-corrected chi connectivity index (χ3v) is 3.22. The minimum atomic E-state index is -0.399. The van der Waals surface area contributed by atoms with Crippen LogP contribution in [0.15, 0.2) is 35.5 Å². The topological polar surface area (TPSA) is 79.1 Å². The van der Waals surface area contributed by atoms with Crippen molar-refractivity contribution in [3.05, 3.63) is 35.9 Å². The van der Waals surface area contributed by atoms with Crippen molar-refractivity contribution in [3.63, 3.8) is 0 Å². The van der Waals surface area contributed by atoms with Gasteiger partial charge >= 0.3 is 5.97 Å². The molecule has 1 aromatic carbocycles. The molecule has 0 aliphatic carbocycles. The highest BCUT2D eigenvalue weighted by atomic mass is 32.2. The Balaban J connectivity index is 1.77. The van der Waals surface area contributed by atoms with Gasteiger partial charge in [0.15, 0.2) is 0 Å². The number of methoxy groups -OCH3 is 1. The van der Waals surface area contributed by atoms with Gasteiger partial charge in [0, 0.05) is 0 Å². The highest BCUT2D eigenvalue weighted by molar-refractivity contribution is 7.99. The Morgan fingerprint density at radius 1 is 1.35 bits per heavy atom. The van der Waals surface area contributed by atoms with E-state index < -0.39 is 5.97 Å². The van der Waals surface area contributed by atoms with Crippen LogP contribution in [0.3, 0.4) is 0 Å². The van der Waals surface area contributed by atoms with Crippen molar-refractivity contribution in [2.45, 2.75) is 18.3 Å². The predicted octanol–water partition coefficient (Wildman–Crippen LogP) is 1.11. The summed E-state index contributed by atoms with van der Waals surface area (Å²) in [5, 5.41) is 11.6. The lowest BCUT2D eigenvalue weighted by Crippen LogP contribution is -2.14. The van der Waals surface area contributed by atoms with Crippen molar-refractivity contribution in [1.82, 2.24) is 20.2 Å². The van der Waals surface area contributed by atoms with E-state index in [0.29, 0.717) is 17.7 Å². The number of carbonyl (C=O) groups excluding carboxylic acids is 1. The summed E-state index contributed by atoms with van der Waals surface area (Å²) in [6, 6.07) is 9.86. The van der Waals surface area contributed by atoms with Crippen LogP contribution in [0.4, 0.5) is 0 Å². The second-order valence-electron chi connectivity index (χ2n) is 3.79. The first-order valence-electron chi connectivity index (χ1n) is 5.87. The number of benzene rings is 1. The number of aromatic nitrogens is 4. The van der Waals surface area contributed by atoms with E-state index in [1.165, 1.54) is 23.6 Å². The Morgan fingerprint density at radius 2 is 2.15 bits per heavy atom. The average Bonchev–Trinajstić information content (AvgIpc) is 2.92. The number of tetrazole rings is 1. The van der Waals surface area contributed by atoms with Crippen LogP contribution in [0.2, 0.25) is 0 Å². The monoisotopic (exact) mass is 294 g/mol. The molecule has 2 rings (SSSR count). The lowest BCUT2D eigenvalue weighted by Gasteiger charge is -2.04. The van der Waals surface area contributed by atoms with Gasteiger partial charge < -0.3 is 9.47 Å². The molecule has 0 radical (unpaired) electrons. The third kappa shape index (κ3) is 4.32. The minimum absolute atomic E-state index is 0.00941. The molecule has 0 N–H and O–H groups in total. The van der Waals surface area contributed by atoms with E-state index in [4.69, 9.17) is 4.74 Å². The molecule has 2 aromatic rings. The number of ether oxygens (including phenoxy) is 2. The van der Waals surface area contributed by atoms with Gasteiger partial charge in [0.2, 0.25) is 5.16 Å². The molecule has 106 valence electrons. The van der Waals surface area contributed by atoms with Gasteiger partial charge in [-0.2, -0.15) is 0 Å². The zero-order valence-electron chi connectivity index (χ0n) is 10.9. The summed E-state index contributed by atoms with van der Waals surface area (Å²) >= 11 is 1.32.